The van der Waals surface area contributed by atoms with Crippen LogP contribution in [0.25, 0.3) is 0 Å². The van der Waals surface area contributed by atoms with Crippen LogP contribution in [0.2, 0.25) is 4.34 Å². The summed E-state index contributed by atoms with van der Waals surface area (Å²) in [4.78, 5) is 16.2. The zero-order valence-corrected chi connectivity index (χ0v) is 16.1. The molecule has 4 unspecified atom stereocenters. The number of nitrogens with zero attached hydrogens (tertiary/aromatic N) is 1. The normalized spacial score (nSPS) is 25.3. The molecule has 130 valence electrons. The highest BCUT2D eigenvalue weighted by molar-refractivity contribution is 7.16. The Balaban J connectivity index is 2.06. The molecule has 23 heavy (non-hydrogen) atoms. The molecule has 0 aliphatic carbocycles. The summed E-state index contributed by atoms with van der Waals surface area (Å²) in [5.74, 6) is 0.324. The van der Waals surface area contributed by atoms with E-state index in [1.807, 2.05) is 19.1 Å². The summed E-state index contributed by atoms with van der Waals surface area (Å²) in [6.45, 7) is 11.9. The second-order valence-corrected chi connectivity index (χ2v) is 8.52. The largest absolute Gasteiger partial charge is 0.373 e. The minimum absolute atomic E-state index is 0.0304. The van der Waals surface area contributed by atoms with Crippen molar-refractivity contribution in [2.75, 3.05) is 13.1 Å². The maximum absolute atomic E-state index is 12.9. The maximum atomic E-state index is 12.9. The average molecular weight is 359 g/mol. The van der Waals surface area contributed by atoms with Gasteiger partial charge in [0.05, 0.1) is 28.6 Å². The summed E-state index contributed by atoms with van der Waals surface area (Å²) >= 11 is 7.50. The average Bonchev–Trinajstić information content (AvgIpc) is 2.83. The number of halogens is 1. The van der Waals surface area contributed by atoms with E-state index >= 15 is 0 Å². The molecule has 1 aromatic rings. The molecular weight excluding hydrogens is 332 g/mol. The standard InChI is InChI=1S/C17H27ClN2O2S/c1-10(2)16(20-8-11(3)22-12(4)9-20)17(21)19-13(5)14-6-7-15(18)23-14/h6-7,10-13,16H,8-9H2,1-5H3,(H,19,21). The number of nitrogens with one attached hydrogen (secondary N) is 1. The van der Waals surface area contributed by atoms with Gasteiger partial charge >= 0.3 is 0 Å². The van der Waals surface area contributed by atoms with Gasteiger partial charge in [0, 0.05) is 18.0 Å². The van der Waals surface area contributed by atoms with Crippen molar-refractivity contribution in [3.8, 4) is 0 Å². The van der Waals surface area contributed by atoms with Crippen LogP contribution in [-0.4, -0.2) is 42.1 Å². The Morgan fingerprint density at radius 1 is 1.30 bits per heavy atom. The fourth-order valence-electron chi connectivity index (χ4n) is 3.27. The van der Waals surface area contributed by atoms with Crippen LogP contribution in [0.15, 0.2) is 12.1 Å². The van der Waals surface area contributed by atoms with Gasteiger partial charge in [-0.25, -0.2) is 0 Å². The molecule has 1 amide bonds. The number of morpholine rings is 1. The Bertz CT molecular complexity index is 524. The molecule has 1 N–H and O–H groups in total. The lowest BCUT2D eigenvalue weighted by Crippen LogP contribution is -2.57. The fraction of sp³-hybridized carbons (Fsp3) is 0.706. The third-order valence-corrected chi connectivity index (χ3v) is 5.53. The Morgan fingerprint density at radius 2 is 1.91 bits per heavy atom. The van der Waals surface area contributed by atoms with Crippen molar-refractivity contribution in [2.45, 2.75) is 58.9 Å². The zero-order chi connectivity index (χ0) is 17.1. The van der Waals surface area contributed by atoms with Crippen molar-refractivity contribution in [2.24, 2.45) is 5.92 Å². The molecule has 0 aromatic carbocycles. The van der Waals surface area contributed by atoms with Gasteiger partial charge in [-0.05, 0) is 38.8 Å². The summed E-state index contributed by atoms with van der Waals surface area (Å²) in [7, 11) is 0. The van der Waals surface area contributed by atoms with Crippen LogP contribution in [0, 0.1) is 5.92 Å². The second-order valence-electron chi connectivity index (χ2n) is 6.77. The van der Waals surface area contributed by atoms with Gasteiger partial charge in [-0.3, -0.25) is 9.69 Å². The van der Waals surface area contributed by atoms with Gasteiger partial charge in [0.15, 0.2) is 0 Å². The minimum atomic E-state index is -0.137. The molecule has 0 radical (unpaired) electrons. The maximum Gasteiger partial charge on any atom is 0.238 e. The van der Waals surface area contributed by atoms with E-state index in [-0.39, 0.29) is 36.1 Å². The molecule has 2 heterocycles. The predicted molar refractivity (Wildman–Crippen MR) is 96.1 cm³/mol. The van der Waals surface area contributed by atoms with Crippen LogP contribution in [0.3, 0.4) is 0 Å². The minimum Gasteiger partial charge on any atom is -0.373 e. The smallest absolute Gasteiger partial charge is 0.238 e. The monoisotopic (exact) mass is 358 g/mol. The van der Waals surface area contributed by atoms with Crippen LogP contribution in [-0.2, 0) is 9.53 Å². The fourth-order valence-corrected chi connectivity index (χ4v) is 4.33. The van der Waals surface area contributed by atoms with E-state index in [9.17, 15) is 4.79 Å². The Labute approximate surface area is 148 Å². The van der Waals surface area contributed by atoms with Gasteiger partial charge in [0.2, 0.25) is 5.91 Å². The van der Waals surface area contributed by atoms with Gasteiger partial charge < -0.3 is 10.1 Å². The van der Waals surface area contributed by atoms with Crippen LogP contribution in [0.5, 0.6) is 0 Å². The molecule has 0 saturated carbocycles. The molecule has 1 aromatic heterocycles. The number of ether oxygens (including phenoxy) is 1. The van der Waals surface area contributed by atoms with Gasteiger partial charge in [0.1, 0.15) is 0 Å². The lowest BCUT2D eigenvalue weighted by Gasteiger charge is -2.41. The summed E-state index contributed by atoms with van der Waals surface area (Å²) in [6, 6.07) is 3.68. The van der Waals surface area contributed by atoms with E-state index in [1.54, 1.807) is 0 Å². The van der Waals surface area contributed by atoms with Crippen molar-refractivity contribution in [1.82, 2.24) is 10.2 Å². The first-order chi connectivity index (χ1) is 10.8. The van der Waals surface area contributed by atoms with Gasteiger partial charge in [0.25, 0.3) is 0 Å². The molecule has 4 nitrogen and oxygen atoms in total. The lowest BCUT2D eigenvalue weighted by atomic mass is 9.99. The van der Waals surface area contributed by atoms with Crippen LogP contribution in [0.4, 0.5) is 0 Å². The zero-order valence-electron chi connectivity index (χ0n) is 14.5. The lowest BCUT2D eigenvalue weighted by molar-refractivity contribution is -0.136. The third kappa shape index (κ3) is 4.92. The molecule has 4 atom stereocenters. The third-order valence-electron chi connectivity index (χ3n) is 4.12. The molecule has 1 saturated heterocycles. The van der Waals surface area contributed by atoms with Crippen molar-refractivity contribution in [3.05, 3.63) is 21.3 Å². The Hall–Kier alpha value is -0.620. The number of amides is 1. The molecule has 1 fully saturated rings. The predicted octanol–water partition coefficient (Wildman–Crippen LogP) is 3.71. The highest BCUT2D eigenvalue weighted by atomic mass is 35.5. The molecule has 1 aliphatic rings. The van der Waals surface area contributed by atoms with E-state index in [1.165, 1.54) is 11.3 Å². The van der Waals surface area contributed by atoms with Crippen molar-refractivity contribution < 1.29 is 9.53 Å². The van der Waals surface area contributed by atoms with Crippen molar-refractivity contribution >= 4 is 28.8 Å². The molecule has 2 rings (SSSR count). The van der Waals surface area contributed by atoms with Crippen LogP contribution < -0.4 is 5.32 Å². The van der Waals surface area contributed by atoms with Gasteiger partial charge in [-0.15, -0.1) is 11.3 Å². The summed E-state index contributed by atoms with van der Waals surface area (Å²) in [6.07, 6.45) is 0.308. The molecule has 0 bridgehead atoms. The van der Waals surface area contributed by atoms with Gasteiger partial charge in [-0.2, -0.15) is 0 Å². The molecular formula is C17H27ClN2O2S. The highest BCUT2D eigenvalue weighted by Gasteiger charge is 2.34. The van der Waals surface area contributed by atoms with E-state index < -0.39 is 0 Å². The van der Waals surface area contributed by atoms with E-state index in [2.05, 4.69) is 37.9 Å². The summed E-state index contributed by atoms with van der Waals surface area (Å²) in [5.41, 5.74) is 0. The van der Waals surface area contributed by atoms with Crippen LogP contribution >= 0.6 is 22.9 Å². The molecule has 0 spiro atoms. The number of thiophene rings is 1. The number of carbonyl (C=O) groups is 1. The summed E-state index contributed by atoms with van der Waals surface area (Å²) < 4.78 is 6.54. The molecule has 1 aliphatic heterocycles. The number of rotatable bonds is 5. The first-order valence-electron chi connectivity index (χ1n) is 8.23. The topological polar surface area (TPSA) is 41.6 Å². The first kappa shape index (κ1) is 18.7. The van der Waals surface area contributed by atoms with E-state index in [0.29, 0.717) is 0 Å². The van der Waals surface area contributed by atoms with Crippen molar-refractivity contribution in [1.29, 1.82) is 0 Å². The van der Waals surface area contributed by atoms with E-state index in [4.69, 9.17) is 16.3 Å². The number of carbonyl (C=O) groups excluding carboxylic acids is 1. The number of hydrogen-bond acceptors (Lipinski definition) is 4. The van der Waals surface area contributed by atoms with Crippen molar-refractivity contribution in [3.63, 3.8) is 0 Å². The Kier molecular flexibility index (Phi) is 6.48. The quantitative estimate of drug-likeness (QED) is 0.872. The van der Waals surface area contributed by atoms with E-state index in [0.717, 1.165) is 22.3 Å². The first-order valence-corrected chi connectivity index (χ1v) is 9.42. The number of hydrogen-bond donors (Lipinski definition) is 1. The SMILES string of the molecule is CC1CN(C(C(=O)NC(C)c2ccc(Cl)s2)C(C)C)CC(C)O1. The molecule has 6 heteroatoms. The summed E-state index contributed by atoms with van der Waals surface area (Å²) in [5, 5.41) is 3.15. The Morgan fingerprint density at radius 3 is 2.39 bits per heavy atom. The van der Waals surface area contributed by atoms with Gasteiger partial charge in [-0.1, -0.05) is 25.4 Å². The highest BCUT2D eigenvalue weighted by Crippen LogP contribution is 2.27. The second kappa shape index (κ2) is 7.97. The van der Waals surface area contributed by atoms with Crippen LogP contribution in [0.1, 0.15) is 45.5 Å².